The number of rotatable bonds is 1. The molecule has 0 amide bonds. The van der Waals surface area contributed by atoms with Gasteiger partial charge in [0.1, 0.15) is 11.6 Å². The van der Waals surface area contributed by atoms with Crippen molar-refractivity contribution in [3.8, 4) is 0 Å². The first-order valence-corrected chi connectivity index (χ1v) is 7.48. The van der Waals surface area contributed by atoms with Crippen molar-refractivity contribution >= 4 is 22.7 Å². The van der Waals surface area contributed by atoms with E-state index in [1.807, 2.05) is 19.1 Å². The summed E-state index contributed by atoms with van der Waals surface area (Å²) in [5, 5.41) is 4.19. The zero-order chi connectivity index (χ0) is 14.4. The Balaban J connectivity index is 1.86. The predicted molar refractivity (Wildman–Crippen MR) is 83.7 cm³/mol. The number of oxazole rings is 1. The van der Waals surface area contributed by atoms with Gasteiger partial charge in [-0.3, -0.25) is 0 Å². The van der Waals surface area contributed by atoms with Crippen LogP contribution in [-0.4, -0.2) is 11.5 Å². The fraction of sp³-hybridized carbons (Fsp3) is 0.235. The molecule has 106 valence electrons. The second-order valence-electron chi connectivity index (χ2n) is 5.46. The summed E-state index contributed by atoms with van der Waals surface area (Å²) in [7, 11) is 0. The number of fused-ring (bicyclic) bond motifs is 2. The molecule has 3 nitrogen and oxygen atoms in total. The summed E-state index contributed by atoms with van der Waals surface area (Å²) in [6.45, 7) is 2.92. The molecule has 0 saturated heterocycles. The quantitative estimate of drug-likeness (QED) is 0.737. The lowest BCUT2D eigenvalue weighted by Gasteiger charge is -2.24. The van der Waals surface area contributed by atoms with Crippen LogP contribution in [0.25, 0.3) is 11.1 Å². The first-order chi connectivity index (χ1) is 10.2. The second kappa shape index (κ2) is 4.86. The lowest BCUT2D eigenvalue weighted by molar-refractivity contribution is 0.439. The predicted octanol–water partition coefficient (Wildman–Crippen LogP) is 4.02. The molecule has 1 aliphatic heterocycles. The van der Waals surface area contributed by atoms with E-state index in [0.29, 0.717) is 10.9 Å². The van der Waals surface area contributed by atoms with Gasteiger partial charge in [0, 0.05) is 11.6 Å². The van der Waals surface area contributed by atoms with Crippen molar-refractivity contribution in [2.45, 2.75) is 19.4 Å². The van der Waals surface area contributed by atoms with Crippen molar-refractivity contribution in [1.29, 1.82) is 0 Å². The maximum atomic E-state index is 6.10. The van der Waals surface area contributed by atoms with Gasteiger partial charge in [-0.2, -0.15) is 0 Å². The van der Waals surface area contributed by atoms with E-state index in [-0.39, 0.29) is 6.04 Å². The largest absolute Gasteiger partial charge is 0.438 e. The molecule has 0 aliphatic carbocycles. The van der Waals surface area contributed by atoms with E-state index in [4.69, 9.17) is 16.0 Å². The standard InChI is InChI=1S/C17H15ClN2O/c1-10-8-12(18)9-14-16(10)21-17(20-14)15-13-5-3-2-4-11(13)6-7-19-15/h2-5,8-9,15,19H,6-7H2,1H3. The fourth-order valence-corrected chi connectivity index (χ4v) is 3.29. The highest BCUT2D eigenvalue weighted by Gasteiger charge is 2.25. The van der Waals surface area contributed by atoms with Gasteiger partial charge in [-0.25, -0.2) is 4.98 Å². The number of halogens is 1. The van der Waals surface area contributed by atoms with Gasteiger partial charge in [-0.1, -0.05) is 35.9 Å². The Hall–Kier alpha value is -1.84. The molecule has 3 aromatic rings. The van der Waals surface area contributed by atoms with Gasteiger partial charge in [-0.15, -0.1) is 0 Å². The van der Waals surface area contributed by atoms with Crippen LogP contribution in [0, 0.1) is 6.92 Å². The van der Waals surface area contributed by atoms with E-state index in [1.165, 1.54) is 11.1 Å². The lowest BCUT2D eigenvalue weighted by atomic mass is 9.94. The Morgan fingerprint density at radius 3 is 3.05 bits per heavy atom. The third kappa shape index (κ3) is 2.13. The molecular weight excluding hydrogens is 284 g/mol. The van der Waals surface area contributed by atoms with Crippen LogP contribution >= 0.6 is 11.6 Å². The molecule has 0 fully saturated rings. The maximum absolute atomic E-state index is 6.10. The molecule has 4 rings (SSSR count). The minimum absolute atomic E-state index is 0.0144. The third-order valence-corrected chi connectivity index (χ3v) is 4.23. The van der Waals surface area contributed by atoms with Gasteiger partial charge in [0.2, 0.25) is 5.89 Å². The van der Waals surface area contributed by atoms with Gasteiger partial charge in [-0.05, 0) is 42.2 Å². The van der Waals surface area contributed by atoms with E-state index >= 15 is 0 Å². The number of aromatic nitrogens is 1. The summed E-state index contributed by atoms with van der Waals surface area (Å²) in [6.07, 6.45) is 1.04. The van der Waals surface area contributed by atoms with Crippen LogP contribution in [0.5, 0.6) is 0 Å². The molecule has 2 heterocycles. The Morgan fingerprint density at radius 1 is 1.29 bits per heavy atom. The highest BCUT2D eigenvalue weighted by Crippen LogP contribution is 2.32. The van der Waals surface area contributed by atoms with E-state index in [2.05, 4.69) is 34.6 Å². The molecule has 0 radical (unpaired) electrons. The SMILES string of the molecule is Cc1cc(Cl)cc2nc(C3NCCc4ccccc43)oc12. The Labute approximate surface area is 127 Å². The van der Waals surface area contributed by atoms with Crippen LogP contribution < -0.4 is 5.32 Å². The molecule has 0 spiro atoms. The molecule has 0 bridgehead atoms. The average Bonchev–Trinajstić information content (AvgIpc) is 2.90. The van der Waals surface area contributed by atoms with Crippen LogP contribution in [-0.2, 0) is 6.42 Å². The Bertz CT molecular complexity index is 825. The van der Waals surface area contributed by atoms with Gasteiger partial charge in [0.25, 0.3) is 0 Å². The zero-order valence-electron chi connectivity index (χ0n) is 11.7. The highest BCUT2D eigenvalue weighted by molar-refractivity contribution is 6.31. The van der Waals surface area contributed by atoms with Gasteiger partial charge in [0.05, 0.1) is 0 Å². The lowest BCUT2D eigenvalue weighted by Crippen LogP contribution is -2.30. The molecule has 2 aromatic carbocycles. The van der Waals surface area contributed by atoms with Crippen LogP contribution in [0.15, 0.2) is 40.8 Å². The molecule has 21 heavy (non-hydrogen) atoms. The highest BCUT2D eigenvalue weighted by atomic mass is 35.5. The Morgan fingerprint density at radius 2 is 2.14 bits per heavy atom. The van der Waals surface area contributed by atoms with Crippen molar-refractivity contribution in [2.24, 2.45) is 0 Å². The summed E-state index contributed by atoms with van der Waals surface area (Å²) < 4.78 is 6.02. The zero-order valence-corrected chi connectivity index (χ0v) is 12.4. The van der Waals surface area contributed by atoms with Crippen LogP contribution in [0.4, 0.5) is 0 Å². The van der Waals surface area contributed by atoms with E-state index in [1.54, 1.807) is 0 Å². The van der Waals surface area contributed by atoms with Gasteiger partial charge >= 0.3 is 0 Å². The summed E-state index contributed by atoms with van der Waals surface area (Å²) in [6, 6.07) is 12.2. The van der Waals surface area contributed by atoms with Crippen molar-refractivity contribution in [1.82, 2.24) is 10.3 Å². The van der Waals surface area contributed by atoms with Crippen LogP contribution in [0.3, 0.4) is 0 Å². The second-order valence-corrected chi connectivity index (χ2v) is 5.90. The van der Waals surface area contributed by atoms with Crippen molar-refractivity contribution in [3.63, 3.8) is 0 Å². The van der Waals surface area contributed by atoms with Crippen molar-refractivity contribution in [3.05, 3.63) is 64.0 Å². The van der Waals surface area contributed by atoms with Gasteiger partial charge < -0.3 is 9.73 Å². The number of nitrogens with one attached hydrogen (secondary N) is 1. The molecule has 4 heteroatoms. The number of hydrogen-bond donors (Lipinski definition) is 1. The van der Waals surface area contributed by atoms with E-state index in [0.717, 1.165) is 29.6 Å². The summed E-state index contributed by atoms with van der Waals surface area (Å²) in [4.78, 5) is 4.64. The Kier molecular flexibility index (Phi) is 2.98. The third-order valence-electron chi connectivity index (χ3n) is 4.01. The number of aryl methyl sites for hydroxylation is 1. The molecule has 1 aromatic heterocycles. The monoisotopic (exact) mass is 298 g/mol. The summed E-state index contributed by atoms with van der Waals surface area (Å²) >= 11 is 6.10. The normalized spacial score (nSPS) is 17.9. The van der Waals surface area contributed by atoms with E-state index < -0.39 is 0 Å². The minimum Gasteiger partial charge on any atom is -0.438 e. The molecular formula is C17H15ClN2O. The molecule has 1 atom stereocenters. The molecule has 1 unspecified atom stereocenters. The molecule has 1 N–H and O–H groups in total. The number of nitrogens with zero attached hydrogens (tertiary/aromatic N) is 1. The topological polar surface area (TPSA) is 38.1 Å². The summed E-state index contributed by atoms with van der Waals surface area (Å²) in [5.41, 5.74) is 5.26. The van der Waals surface area contributed by atoms with Crippen molar-refractivity contribution in [2.75, 3.05) is 6.54 Å². The number of hydrogen-bond acceptors (Lipinski definition) is 3. The van der Waals surface area contributed by atoms with Crippen LogP contribution in [0.1, 0.15) is 28.6 Å². The van der Waals surface area contributed by atoms with E-state index in [9.17, 15) is 0 Å². The minimum atomic E-state index is 0.0144. The van der Waals surface area contributed by atoms with Crippen LogP contribution in [0.2, 0.25) is 5.02 Å². The first-order valence-electron chi connectivity index (χ1n) is 7.10. The number of benzene rings is 2. The fourth-order valence-electron chi connectivity index (χ4n) is 3.02. The van der Waals surface area contributed by atoms with Crippen molar-refractivity contribution < 1.29 is 4.42 Å². The maximum Gasteiger partial charge on any atom is 0.217 e. The smallest absolute Gasteiger partial charge is 0.217 e. The first kappa shape index (κ1) is 12.9. The average molecular weight is 299 g/mol. The molecule has 0 saturated carbocycles. The van der Waals surface area contributed by atoms with Gasteiger partial charge in [0.15, 0.2) is 5.58 Å². The molecule has 1 aliphatic rings. The summed E-state index contributed by atoms with van der Waals surface area (Å²) in [5.74, 6) is 0.711.